The number of aryl methyl sites for hydroxylation is 1. The first-order valence-electron chi connectivity index (χ1n) is 8.65. The van der Waals surface area contributed by atoms with Gasteiger partial charge in [0.1, 0.15) is 11.5 Å². The zero-order valence-electron chi connectivity index (χ0n) is 14.7. The Hall–Kier alpha value is -2.69. The summed E-state index contributed by atoms with van der Waals surface area (Å²) in [6.45, 7) is 5.36. The van der Waals surface area contributed by atoms with Gasteiger partial charge >= 0.3 is 0 Å². The van der Waals surface area contributed by atoms with E-state index in [4.69, 9.17) is 9.47 Å². The zero-order valence-corrected chi connectivity index (χ0v) is 14.7. The quantitative estimate of drug-likeness (QED) is 0.846. The molecule has 2 aromatic carbocycles. The van der Waals surface area contributed by atoms with Gasteiger partial charge in [-0.2, -0.15) is 0 Å². The molecular formula is C20H24N2O3. The fourth-order valence-corrected chi connectivity index (χ4v) is 2.96. The average molecular weight is 340 g/mol. The van der Waals surface area contributed by atoms with Gasteiger partial charge in [-0.15, -0.1) is 0 Å². The first-order valence-corrected chi connectivity index (χ1v) is 8.65. The second-order valence-corrected chi connectivity index (χ2v) is 6.08. The Labute approximate surface area is 148 Å². The number of amides is 1. The molecule has 5 heteroatoms. The number of hydrogen-bond donors (Lipinski definition) is 2. The normalized spacial score (nSPS) is 15.7. The Morgan fingerprint density at radius 3 is 2.96 bits per heavy atom. The van der Waals surface area contributed by atoms with Crippen LogP contribution in [0.25, 0.3) is 0 Å². The molecule has 0 fully saturated rings. The van der Waals surface area contributed by atoms with E-state index in [-0.39, 0.29) is 18.5 Å². The molecule has 1 atom stereocenters. The Balaban J connectivity index is 1.61. The summed E-state index contributed by atoms with van der Waals surface area (Å²) < 4.78 is 11.3. The monoisotopic (exact) mass is 340 g/mol. The van der Waals surface area contributed by atoms with E-state index >= 15 is 0 Å². The van der Waals surface area contributed by atoms with Crippen molar-refractivity contribution in [3.05, 3.63) is 53.6 Å². The van der Waals surface area contributed by atoms with Crippen molar-refractivity contribution in [2.24, 2.45) is 0 Å². The van der Waals surface area contributed by atoms with Gasteiger partial charge < -0.3 is 20.1 Å². The highest BCUT2D eigenvalue weighted by molar-refractivity contribution is 5.82. The standard InChI is InChI=1S/C20H24N2O3/c1-3-24-19-12-14(2)8-9-17(19)21-13-20(23)22-16-10-11-25-18-7-5-4-6-15(16)18/h4-9,12,16,21H,3,10-11,13H2,1-2H3,(H,22,23). The Morgan fingerprint density at radius 1 is 1.28 bits per heavy atom. The van der Waals surface area contributed by atoms with E-state index in [0.29, 0.717) is 13.2 Å². The van der Waals surface area contributed by atoms with Crippen molar-refractivity contribution in [2.45, 2.75) is 26.3 Å². The Kier molecular flexibility index (Phi) is 5.43. The third kappa shape index (κ3) is 4.24. The van der Waals surface area contributed by atoms with Crippen molar-refractivity contribution < 1.29 is 14.3 Å². The Morgan fingerprint density at radius 2 is 2.12 bits per heavy atom. The predicted octanol–water partition coefficient (Wildman–Crippen LogP) is 3.45. The summed E-state index contributed by atoms with van der Waals surface area (Å²) in [5, 5.41) is 6.26. The van der Waals surface area contributed by atoms with Gasteiger partial charge in [-0.1, -0.05) is 24.3 Å². The van der Waals surface area contributed by atoms with Crippen LogP contribution >= 0.6 is 0 Å². The molecule has 0 saturated heterocycles. The number of benzene rings is 2. The van der Waals surface area contributed by atoms with E-state index in [1.807, 2.05) is 56.3 Å². The molecule has 0 spiro atoms. The fraction of sp³-hybridized carbons (Fsp3) is 0.350. The SMILES string of the molecule is CCOc1cc(C)ccc1NCC(=O)NC1CCOc2ccccc21. The highest BCUT2D eigenvalue weighted by Gasteiger charge is 2.22. The highest BCUT2D eigenvalue weighted by atomic mass is 16.5. The second kappa shape index (κ2) is 7.92. The van der Waals surface area contributed by atoms with Gasteiger partial charge in [0.2, 0.25) is 5.91 Å². The summed E-state index contributed by atoms with van der Waals surface area (Å²) in [5.74, 6) is 1.57. The molecule has 25 heavy (non-hydrogen) atoms. The molecule has 0 bridgehead atoms. The number of hydrogen-bond acceptors (Lipinski definition) is 4. The maximum absolute atomic E-state index is 12.4. The van der Waals surface area contributed by atoms with Crippen LogP contribution in [0.15, 0.2) is 42.5 Å². The van der Waals surface area contributed by atoms with E-state index in [0.717, 1.165) is 34.7 Å². The van der Waals surface area contributed by atoms with Crippen LogP contribution in [0.4, 0.5) is 5.69 Å². The molecule has 2 N–H and O–H groups in total. The van der Waals surface area contributed by atoms with Gasteiger partial charge in [0.05, 0.1) is 31.5 Å². The number of rotatable bonds is 6. The van der Waals surface area contributed by atoms with E-state index in [1.54, 1.807) is 0 Å². The van der Waals surface area contributed by atoms with Crippen molar-refractivity contribution in [1.82, 2.24) is 5.32 Å². The maximum atomic E-state index is 12.4. The van der Waals surface area contributed by atoms with Gasteiger partial charge in [-0.05, 0) is 37.6 Å². The lowest BCUT2D eigenvalue weighted by atomic mass is 10.0. The van der Waals surface area contributed by atoms with Gasteiger partial charge in [-0.3, -0.25) is 4.79 Å². The van der Waals surface area contributed by atoms with Crippen molar-refractivity contribution in [1.29, 1.82) is 0 Å². The van der Waals surface area contributed by atoms with E-state index in [9.17, 15) is 4.79 Å². The van der Waals surface area contributed by atoms with E-state index < -0.39 is 0 Å². The van der Waals surface area contributed by atoms with Crippen LogP contribution in [0.2, 0.25) is 0 Å². The molecule has 1 aliphatic rings. The first-order chi connectivity index (χ1) is 12.2. The first kappa shape index (κ1) is 17.1. The number of carbonyl (C=O) groups excluding carboxylic acids is 1. The summed E-state index contributed by atoms with van der Waals surface area (Å²) >= 11 is 0. The van der Waals surface area contributed by atoms with Gasteiger partial charge in [0.25, 0.3) is 0 Å². The minimum atomic E-state index is -0.0512. The molecule has 132 valence electrons. The number of ether oxygens (including phenoxy) is 2. The van der Waals surface area contributed by atoms with Crippen LogP contribution < -0.4 is 20.1 Å². The topological polar surface area (TPSA) is 59.6 Å². The smallest absolute Gasteiger partial charge is 0.239 e. The van der Waals surface area contributed by atoms with E-state index in [2.05, 4.69) is 10.6 Å². The molecular weight excluding hydrogens is 316 g/mol. The van der Waals surface area contributed by atoms with Crippen LogP contribution in [0.5, 0.6) is 11.5 Å². The van der Waals surface area contributed by atoms with Crippen LogP contribution in [-0.2, 0) is 4.79 Å². The zero-order chi connectivity index (χ0) is 17.6. The van der Waals surface area contributed by atoms with Crippen molar-refractivity contribution in [3.63, 3.8) is 0 Å². The third-order valence-electron chi connectivity index (χ3n) is 4.17. The fourth-order valence-electron chi connectivity index (χ4n) is 2.96. The number of fused-ring (bicyclic) bond motifs is 1. The van der Waals surface area contributed by atoms with Crippen LogP contribution in [0, 0.1) is 6.92 Å². The lowest BCUT2D eigenvalue weighted by molar-refractivity contribution is -0.120. The number of carbonyl (C=O) groups is 1. The van der Waals surface area contributed by atoms with E-state index in [1.165, 1.54) is 0 Å². The van der Waals surface area contributed by atoms with Crippen LogP contribution in [0.1, 0.15) is 30.5 Å². The molecule has 3 rings (SSSR count). The Bertz CT molecular complexity index is 745. The highest BCUT2D eigenvalue weighted by Crippen LogP contribution is 2.31. The third-order valence-corrected chi connectivity index (χ3v) is 4.17. The minimum absolute atomic E-state index is 0.0105. The lowest BCUT2D eigenvalue weighted by Gasteiger charge is -2.26. The van der Waals surface area contributed by atoms with Crippen LogP contribution in [0.3, 0.4) is 0 Å². The lowest BCUT2D eigenvalue weighted by Crippen LogP contribution is -2.35. The predicted molar refractivity (Wildman–Crippen MR) is 98.3 cm³/mol. The summed E-state index contributed by atoms with van der Waals surface area (Å²) in [5.41, 5.74) is 2.99. The molecule has 1 aliphatic heterocycles. The van der Waals surface area contributed by atoms with Crippen molar-refractivity contribution in [2.75, 3.05) is 25.1 Å². The molecule has 1 unspecified atom stereocenters. The van der Waals surface area contributed by atoms with Gasteiger partial charge in [0, 0.05) is 12.0 Å². The maximum Gasteiger partial charge on any atom is 0.239 e. The largest absolute Gasteiger partial charge is 0.493 e. The number of anilines is 1. The molecule has 1 heterocycles. The average Bonchev–Trinajstić information content (AvgIpc) is 2.62. The van der Waals surface area contributed by atoms with Gasteiger partial charge in [0.15, 0.2) is 0 Å². The molecule has 5 nitrogen and oxygen atoms in total. The minimum Gasteiger partial charge on any atom is -0.493 e. The molecule has 0 saturated carbocycles. The molecule has 2 aromatic rings. The summed E-state index contributed by atoms with van der Waals surface area (Å²) in [4.78, 5) is 12.4. The molecule has 0 aromatic heterocycles. The van der Waals surface area contributed by atoms with Crippen molar-refractivity contribution >= 4 is 11.6 Å². The van der Waals surface area contributed by atoms with Crippen molar-refractivity contribution in [3.8, 4) is 11.5 Å². The second-order valence-electron chi connectivity index (χ2n) is 6.08. The summed E-state index contributed by atoms with van der Waals surface area (Å²) in [6.07, 6.45) is 0.775. The summed E-state index contributed by atoms with van der Waals surface area (Å²) in [7, 11) is 0. The number of nitrogens with one attached hydrogen (secondary N) is 2. The molecule has 0 aliphatic carbocycles. The molecule has 0 radical (unpaired) electrons. The summed E-state index contributed by atoms with van der Waals surface area (Å²) in [6, 6.07) is 13.7. The van der Waals surface area contributed by atoms with Crippen LogP contribution in [-0.4, -0.2) is 25.7 Å². The number of para-hydroxylation sites is 1. The molecule has 1 amide bonds. The van der Waals surface area contributed by atoms with Gasteiger partial charge in [-0.25, -0.2) is 0 Å².